The maximum absolute atomic E-state index is 12.3. The number of allylic oxidation sites excluding steroid dienone is 3. The molecule has 2 aromatic rings. The van der Waals surface area contributed by atoms with Crippen molar-refractivity contribution in [1.82, 2.24) is 5.32 Å². The number of nitrogens with one attached hydrogen (secondary N) is 1. The van der Waals surface area contributed by atoms with E-state index in [0.29, 0.717) is 0 Å². The van der Waals surface area contributed by atoms with Gasteiger partial charge in [0.2, 0.25) is 11.8 Å². The van der Waals surface area contributed by atoms with Crippen molar-refractivity contribution in [3.63, 3.8) is 0 Å². The molecule has 0 aromatic heterocycles. The van der Waals surface area contributed by atoms with Gasteiger partial charge in [0.05, 0.1) is 11.8 Å². The largest absolute Gasteiger partial charge is 0.296 e. The summed E-state index contributed by atoms with van der Waals surface area (Å²) in [4.78, 5) is 24.6. The van der Waals surface area contributed by atoms with Crippen LogP contribution in [0.3, 0.4) is 0 Å². The van der Waals surface area contributed by atoms with Gasteiger partial charge < -0.3 is 0 Å². The Morgan fingerprint density at radius 3 is 1.56 bits per heavy atom. The Kier molecular flexibility index (Phi) is 3.04. The number of hydrogen-bond acceptors (Lipinski definition) is 2. The molecule has 3 nitrogen and oxygen atoms in total. The van der Waals surface area contributed by atoms with E-state index in [2.05, 4.69) is 41.7 Å². The van der Waals surface area contributed by atoms with E-state index in [0.717, 1.165) is 16.7 Å². The van der Waals surface area contributed by atoms with E-state index in [1.54, 1.807) is 0 Å². The van der Waals surface area contributed by atoms with Gasteiger partial charge in [0.1, 0.15) is 0 Å². The molecule has 3 heteroatoms. The smallest absolute Gasteiger partial charge is 0.231 e. The minimum absolute atomic E-state index is 0.0110. The molecule has 122 valence electrons. The lowest BCUT2D eigenvalue weighted by Gasteiger charge is -2.18. The lowest BCUT2D eigenvalue weighted by atomic mass is 9.85. The van der Waals surface area contributed by atoms with Crippen LogP contribution >= 0.6 is 0 Å². The maximum Gasteiger partial charge on any atom is 0.231 e. The minimum atomic E-state index is -0.250. The van der Waals surface area contributed by atoms with Gasteiger partial charge in [0, 0.05) is 11.8 Å². The van der Waals surface area contributed by atoms with Crippen molar-refractivity contribution in [3.8, 4) is 0 Å². The van der Waals surface area contributed by atoms with Crippen LogP contribution in [-0.4, -0.2) is 11.8 Å². The number of imide groups is 1. The Balaban J connectivity index is 1.75. The lowest BCUT2D eigenvalue weighted by molar-refractivity contribution is -0.126. The van der Waals surface area contributed by atoms with Crippen LogP contribution in [0.25, 0.3) is 5.57 Å². The first-order chi connectivity index (χ1) is 12.3. The van der Waals surface area contributed by atoms with Crippen LogP contribution in [-0.2, 0) is 9.59 Å². The molecule has 2 amide bonds. The summed E-state index contributed by atoms with van der Waals surface area (Å²) in [7, 11) is 0. The van der Waals surface area contributed by atoms with Crippen LogP contribution in [0, 0.1) is 23.7 Å². The molecule has 1 N–H and O–H groups in total. The van der Waals surface area contributed by atoms with Gasteiger partial charge in [-0.15, -0.1) is 0 Å². The Labute approximate surface area is 146 Å². The highest BCUT2D eigenvalue weighted by Crippen LogP contribution is 2.56. The van der Waals surface area contributed by atoms with Crippen LogP contribution in [0.1, 0.15) is 11.1 Å². The van der Waals surface area contributed by atoms with E-state index in [1.165, 1.54) is 5.57 Å². The minimum Gasteiger partial charge on any atom is -0.296 e. The third kappa shape index (κ3) is 1.99. The molecule has 1 aliphatic heterocycles. The molecule has 3 aliphatic rings. The number of amides is 2. The molecule has 0 unspecified atom stereocenters. The summed E-state index contributed by atoms with van der Waals surface area (Å²) in [6.45, 7) is 0. The first kappa shape index (κ1) is 14.4. The molecule has 1 saturated heterocycles. The fourth-order valence-corrected chi connectivity index (χ4v) is 4.73. The van der Waals surface area contributed by atoms with Crippen molar-refractivity contribution in [2.75, 3.05) is 0 Å². The second-order valence-corrected chi connectivity index (χ2v) is 6.90. The van der Waals surface area contributed by atoms with Crippen LogP contribution in [0.4, 0.5) is 0 Å². The molecule has 0 radical (unpaired) electrons. The Bertz CT molecular complexity index is 854. The van der Waals surface area contributed by atoms with Gasteiger partial charge in [-0.1, -0.05) is 72.8 Å². The van der Waals surface area contributed by atoms with Gasteiger partial charge in [-0.3, -0.25) is 14.9 Å². The van der Waals surface area contributed by atoms with E-state index in [-0.39, 0.29) is 35.5 Å². The highest BCUT2D eigenvalue weighted by molar-refractivity contribution is 6.08. The van der Waals surface area contributed by atoms with E-state index in [1.807, 2.05) is 36.4 Å². The Morgan fingerprint density at radius 1 is 0.680 bits per heavy atom. The molecule has 0 spiro atoms. The van der Waals surface area contributed by atoms with E-state index >= 15 is 0 Å². The van der Waals surface area contributed by atoms with E-state index < -0.39 is 0 Å². The van der Waals surface area contributed by atoms with Gasteiger partial charge in [0.25, 0.3) is 0 Å². The second-order valence-electron chi connectivity index (χ2n) is 6.90. The summed E-state index contributed by atoms with van der Waals surface area (Å²) in [6.07, 6.45) is 4.23. The van der Waals surface area contributed by atoms with Crippen molar-refractivity contribution in [3.05, 3.63) is 89.5 Å². The summed E-state index contributed by atoms with van der Waals surface area (Å²) >= 11 is 0. The van der Waals surface area contributed by atoms with Crippen LogP contribution in [0.2, 0.25) is 0 Å². The first-order valence-corrected chi connectivity index (χ1v) is 8.63. The highest BCUT2D eigenvalue weighted by atomic mass is 16.2. The predicted molar refractivity (Wildman–Crippen MR) is 95.2 cm³/mol. The van der Waals surface area contributed by atoms with E-state index in [9.17, 15) is 9.59 Å². The number of carbonyl (C=O) groups is 2. The van der Waals surface area contributed by atoms with E-state index in [4.69, 9.17) is 0 Å². The maximum atomic E-state index is 12.3. The average Bonchev–Trinajstić information content (AvgIpc) is 3.29. The summed E-state index contributed by atoms with van der Waals surface area (Å²) in [5.74, 6) is -0.719. The topological polar surface area (TPSA) is 46.2 Å². The molecule has 1 saturated carbocycles. The molecular weight excluding hydrogens is 310 g/mol. The molecule has 2 fully saturated rings. The summed E-state index contributed by atoms with van der Waals surface area (Å²) in [5.41, 5.74) is 4.65. The fourth-order valence-electron chi connectivity index (χ4n) is 4.73. The fraction of sp³-hybridized carbons (Fsp3) is 0.182. The summed E-state index contributed by atoms with van der Waals surface area (Å²) < 4.78 is 0. The molecule has 25 heavy (non-hydrogen) atoms. The molecular formula is C22H17NO2. The highest BCUT2D eigenvalue weighted by Gasteiger charge is 2.59. The van der Waals surface area contributed by atoms with Crippen molar-refractivity contribution in [1.29, 1.82) is 0 Å². The molecule has 1 heterocycles. The van der Waals surface area contributed by atoms with Gasteiger partial charge in [-0.2, -0.15) is 0 Å². The molecule has 2 aromatic carbocycles. The Hall–Kier alpha value is -2.94. The lowest BCUT2D eigenvalue weighted by Crippen LogP contribution is -2.26. The number of benzene rings is 2. The van der Waals surface area contributed by atoms with Crippen LogP contribution < -0.4 is 5.32 Å². The number of hydrogen-bond donors (Lipinski definition) is 1. The molecule has 2 aliphatic carbocycles. The predicted octanol–water partition coefficient (Wildman–Crippen LogP) is 3.19. The first-order valence-electron chi connectivity index (χ1n) is 8.63. The van der Waals surface area contributed by atoms with Crippen LogP contribution in [0.5, 0.6) is 0 Å². The summed E-state index contributed by atoms with van der Waals surface area (Å²) in [6, 6.07) is 20.5. The number of fused-ring (bicyclic) bond motifs is 5. The quantitative estimate of drug-likeness (QED) is 0.680. The molecule has 5 rings (SSSR count). The SMILES string of the molecule is O=C1NC(=O)[C@H]2[C@@H]1[C@H]1C=C[C@@H]2C1=C(c1ccccc1)c1ccccc1. The monoisotopic (exact) mass is 327 g/mol. The number of carbonyl (C=O) groups excluding carboxylic acids is 2. The standard InChI is InChI=1S/C22H17NO2/c24-21-19-15-11-12-16(20(19)22(25)23-21)18(15)17(13-7-3-1-4-8-13)14-9-5-2-6-10-14/h1-12,15-16,19-20H,(H,23,24,25)/t15-,16+,19-,20+. The average molecular weight is 327 g/mol. The van der Waals surface area contributed by atoms with Crippen molar-refractivity contribution in [2.24, 2.45) is 23.7 Å². The van der Waals surface area contributed by atoms with Crippen molar-refractivity contribution < 1.29 is 9.59 Å². The van der Waals surface area contributed by atoms with Crippen LogP contribution in [0.15, 0.2) is 78.4 Å². The molecule has 4 atom stereocenters. The van der Waals surface area contributed by atoms with Gasteiger partial charge in [-0.25, -0.2) is 0 Å². The number of rotatable bonds is 2. The zero-order valence-corrected chi connectivity index (χ0v) is 13.6. The normalized spacial score (nSPS) is 29.0. The van der Waals surface area contributed by atoms with Gasteiger partial charge in [-0.05, 0) is 22.3 Å². The zero-order valence-electron chi connectivity index (χ0n) is 13.6. The van der Waals surface area contributed by atoms with Gasteiger partial charge in [0.15, 0.2) is 0 Å². The third-order valence-corrected chi connectivity index (χ3v) is 5.67. The van der Waals surface area contributed by atoms with Gasteiger partial charge >= 0.3 is 0 Å². The zero-order chi connectivity index (χ0) is 17.0. The van der Waals surface area contributed by atoms with Crippen molar-refractivity contribution in [2.45, 2.75) is 0 Å². The Morgan fingerprint density at radius 2 is 1.12 bits per heavy atom. The molecule has 2 bridgehead atoms. The third-order valence-electron chi connectivity index (χ3n) is 5.67. The second kappa shape index (κ2) is 5.28. The summed E-state index contributed by atoms with van der Waals surface area (Å²) in [5, 5.41) is 2.52. The van der Waals surface area contributed by atoms with Crippen molar-refractivity contribution >= 4 is 17.4 Å².